The van der Waals surface area contributed by atoms with Gasteiger partial charge in [0.1, 0.15) is 0 Å². The molecule has 0 amide bonds. The van der Waals surface area contributed by atoms with Crippen LogP contribution in [0, 0.1) is 17.8 Å². The summed E-state index contributed by atoms with van der Waals surface area (Å²) in [5.41, 5.74) is 5.94. The summed E-state index contributed by atoms with van der Waals surface area (Å²) in [6, 6.07) is 0.521. The van der Waals surface area contributed by atoms with Crippen molar-refractivity contribution < 1.29 is 4.74 Å². The van der Waals surface area contributed by atoms with Crippen LogP contribution in [-0.4, -0.2) is 44.3 Å². The van der Waals surface area contributed by atoms with Crippen LogP contribution in [0.2, 0.25) is 0 Å². The highest BCUT2D eigenvalue weighted by Crippen LogP contribution is 2.38. The maximum absolute atomic E-state index is 5.94. The molecule has 2 N–H and O–H groups in total. The van der Waals surface area contributed by atoms with Gasteiger partial charge in [-0.2, -0.15) is 0 Å². The highest BCUT2D eigenvalue weighted by Gasteiger charge is 2.35. The Morgan fingerprint density at radius 1 is 1.50 bits per heavy atom. The minimum Gasteiger partial charge on any atom is -0.381 e. The van der Waals surface area contributed by atoms with Gasteiger partial charge in [0, 0.05) is 25.7 Å². The van der Waals surface area contributed by atoms with Gasteiger partial charge in [-0.05, 0) is 44.1 Å². The molecule has 2 aliphatic rings. The topological polar surface area (TPSA) is 38.5 Å². The molecule has 1 saturated carbocycles. The molecule has 0 aromatic rings. The van der Waals surface area contributed by atoms with Crippen molar-refractivity contribution in [2.45, 2.75) is 32.2 Å². The first-order valence-electron chi connectivity index (χ1n) is 6.70. The van der Waals surface area contributed by atoms with E-state index in [2.05, 4.69) is 18.9 Å². The molecule has 94 valence electrons. The van der Waals surface area contributed by atoms with Gasteiger partial charge < -0.3 is 15.4 Å². The van der Waals surface area contributed by atoms with Gasteiger partial charge >= 0.3 is 0 Å². The van der Waals surface area contributed by atoms with Crippen molar-refractivity contribution in [2.24, 2.45) is 23.5 Å². The summed E-state index contributed by atoms with van der Waals surface area (Å²) in [4.78, 5) is 2.48. The van der Waals surface area contributed by atoms with Crippen LogP contribution in [-0.2, 0) is 4.74 Å². The summed E-state index contributed by atoms with van der Waals surface area (Å²) in [5.74, 6) is 2.50. The van der Waals surface area contributed by atoms with E-state index < -0.39 is 0 Å². The Morgan fingerprint density at radius 2 is 2.25 bits per heavy atom. The molecule has 3 nitrogen and oxygen atoms in total. The first-order chi connectivity index (χ1) is 7.72. The predicted molar refractivity (Wildman–Crippen MR) is 66.3 cm³/mol. The van der Waals surface area contributed by atoms with Gasteiger partial charge in [-0.3, -0.25) is 0 Å². The van der Waals surface area contributed by atoms with Crippen LogP contribution in [0.3, 0.4) is 0 Å². The fourth-order valence-corrected chi connectivity index (χ4v) is 2.96. The van der Waals surface area contributed by atoms with Gasteiger partial charge in [-0.15, -0.1) is 0 Å². The Balaban J connectivity index is 1.82. The molecule has 4 unspecified atom stereocenters. The SMILES string of the molecule is CC1CC1CN(C)C(CN)C1CCCOC1. The molecule has 2 fully saturated rings. The monoisotopic (exact) mass is 226 g/mol. The second kappa shape index (κ2) is 5.48. The van der Waals surface area contributed by atoms with Crippen LogP contribution < -0.4 is 5.73 Å². The largest absolute Gasteiger partial charge is 0.381 e. The van der Waals surface area contributed by atoms with E-state index in [4.69, 9.17) is 10.5 Å². The minimum absolute atomic E-state index is 0.521. The molecule has 0 aromatic heterocycles. The lowest BCUT2D eigenvalue weighted by atomic mass is 9.92. The molecule has 0 aromatic carbocycles. The van der Waals surface area contributed by atoms with Crippen molar-refractivity contribution in [3.05, 3.63) is 0 Å². The van der Waals surface area contributed by atoms with Crippen LogP contribution >= 0.6 is 0 Å². The lowest BCUT2D eigenvalue weighted by molar-refractivity contribution is 0.0162. The summed E-state index contributed by atoms with van der Waals surface area (Å²) < 4.78 is 5.57. The number of ether oxygens (including phenoxy) is 1. The molecule has 4 atom stereocenters. The summed E-state index contributed by atoms with van der Waals surface area (Å²) in [6.07, 6.45) is 3.89. The summed E-state index contributed by atoms with van der Waals surface area (Å²) >= 11 is 0. The molecular formula is C13H26N2O. The average molecular weight is 226 g/mol. The van der Waals surface area contributed by atoms with Crippen molar-refractivity contribution in [3.63, 3.8) is 0 Å². The summed E-state index contributed by atoms with van der Waals surface area (Å²) in [5, 5.41) is 0. The van der Waals surface area contributed by atoms with Crippen LogP contribution in [0.25, 0.3) is 0 Å². The van der Waals surface area contributed by atoms with Crippen molar-refractivity contribution in [3.8, 4) is 0 Å². The third kappa shape index (κ3) is 2.96. The van der Waals surface area contributed by atoms with Gasteiger partial charge in [0.05, 0.1) is 6.61 Å². The van der Waals surface area contributed by atoms with E-state index in [9.17, 15) is 0 Å². The third-order valence-corrected chi connectivity index (χ3v) is 4.35. The first-order valence-corrected chi connectivity index (χ1v) is 6.70. The number of nitrogens with zero attached hydrogens (tertiary/aromatic N) is 1. The number of nitrogens with two attached hydrogens (primary N) is 1. The van der Waals surface area contributed by atoms with Crippen LogP contribution in [0.1, 0.15) is 26.2 Å². The normalized spacial score (nSPS) is 36.4. The zero-order valence-corrected chi connectivity index (χ0v) is 10.7. The highest BCUT2D eigenvalue weighted by atomic mass is 16.5. The van der Waals surface area contributed by atoms with E-state index in [1.54, 1.807) is 0 Å². The fraction of sp³-hybridized carbons (Fsp3) is 1.00. The van der Waals surface area contributed by atoms with Gasteiger partial charge in [0.25, 0.3) is 0 Å². The number of rotatable bonds is 5. The summed E-state index contributed by atoms with van der Waals surface area (Å²) in [6.45, 7) is 6.19. The highest BCUT2D eigenvalue weighted by molar-refractivity contribution is 4.88. The number of hydrogen-bond donors (Lipinski definition) is 1. The lowest BCUT2D eigenvalue weighted by Crippen LogP contribution is -2.47. The van der Waals surface area contributed by atoms with Crippen LogP contribution in [0.4, 0.5) is 0 Å². The Hall–Kier alpha value is -0.120. The van der Waals surface area contributed by atoms with Crippen molar-refractivity contribution in [1.29, 1.82) is 0 Å². The zero-order chi connectivity index (χ0) is 11.5. The molecule has 2 rings (SSSR count). The molecule has 1 aliphatic carbocycles. The Labute approximate surface area is 99.3 Å². The Morgan fingerprint density at radius 3 is 2.75 bits per heavy atom. The zero-order valence-electron chi connectivity index (χ0n) is 10.7. The number of hydrogen-bond acceptors (Lipinski definition) is 3. The maximum atomic E-state index is 5.94. The smallest absolute Gasteiger partial charge is 0.0509 e. The van der Waals surface area contributed by atoms with E-state index in [1.165, 1.54) is 25.8 Å². The van der Waals surface area contributed by atoms with Gasteiger partial charge in [-0.1, -0.05) is 6.92 Å². The van der Waals surface area contributed by atoms with Gasteiger partial charge in [0.2, 0.25) is 0 Å². The van der Waals surface area contributed by atoms with E-state index in [-0.39, 0.29) is 0 Å². The predicted octanol–water partition coefficient (Wildman–Crippen LogP) is 1.33. The van der Waals surface area contributed by atoms with Gasteiger partial charge in [0.15, 0.2) is 0 Å². The van der Waals surface area contributed by atoms with E-state index in [0.29, 0.717) is 12.0 Å². The van der Waals surface area contributed by atoms with E-state index in [1.807, 2.05) is 0 Å². The van der Waals surface area contributed by atoms with Crippen molar-refractivity contribution in [1.82, 2.24) is 4.90 Å². The Bertz CT molecular complexity index is 216. The molecule has 1 heterocycles. The standard InChI is InChI=1S/C13H26N2O/c1-10-6-12(10)8-15(2)13(7-14)11-4-3-5-16-9-11/h10-13H,3-9,14H2,1-2H3. The molecular weight excluding hydrogens is 200 g/mol. The quantitative estimate of drug-likeness (QED) is 0.768. The minimum atomic E-state index is 0.521. The second-order valence-electron chi connectivity index (χ2n) is 5.69. The van der Waals surface area contributed by atoms with E-state index >= 15 is 0 Å². The molecule has 1 saturated heterocycles. The molecule has 16 heavy (non-hydrogen) atoms. The third-order valence-electron chi connectivity index (χ3n) is 4.35. The maximum Gasteiger partial charge on any atom is 0.0509 e. The first kappa shape index (κ1) is 12.3. The average Bonchev–Trinajstić information content (AvgIpc) is 2.96. The molecule has 1 aliphatic heterocycles. The fourth-order valence-electron chi connectivity index (χ4n) is 2.96. The number of likely N-dealkylation sites (N-methyl/N-ethyl adjacent to an activating group) is 1. The summed E-state index contributed by atoms with van der Waals surface area (Å²) in [7, 11) is 2.23. The van der Waals surface area contributed by atoms with Gasteiger partial charge in [-0.25, -0.2) is 0 Å². The van der Waals surface area contributed by atoms with E-state index in [0.717, 1.165) is 31.6 Å². The molecule has 0 bridgehead atoms. The van der Waals surface area contributed by atoms with Crippen LogP contribution in [0.15, 0.2) is 0 Å². The molecule has 0 radical (unpaired) electrons. The lowest BCUT2D eigenvalue weighted by Gasteiger charge is -2.36. The Kier molecular flexibility index (Phi) is 4.22. The van der Waals surface area contributed by atoms with Crippen molar-refractivity contribution in [2.75, 3.05) is 33.4 Å². The molecule has 3 heteroatoms. The molecule has 0 spiro atoms. The second-order valence-corrected chi connectivity index (χ2v) is 5.69. The van der Waals surface area contributed by atoms with Crippen LogP contribution in [0.5, 0.6) is 0 Å². The van der Waals surface area contributed by atoms with Crippen molar-refractivity contribution >= 4 is 0 Å².